The van der Waals surface area contributed by atoms with Crippen molar-refractivity contribution in [2.24, 2.45) is 5.92 Å². The Labute approximate surface area is 54.2 Å². The summed E-state index contributed by atoms with van der Waals surface area (Å²) in [6, 6.07) is 0. The molecule has 0 amide bonds. The molecular weight excluding hydrogens is 116 g/mol. The van der Waals surface area contributed by atoms with E-state index in [9.17, 15) is 4.79 Å². The Hall–Kier alpha value is -0.370. The first-order valence-corrected chi connectivity index (χ1v) is 3.49. The van der Waals surface area contributed by atoms with Gasteiger partial charge in [0.15, 0.2) is 5.78 Å². The van der Waals surface area contributed by atoms with Crippen molar-refractivity contribution in [2.45, 2.75) is 25.4 Å². The maximum absolute atomic E-state index is 10.7. The second kappa shape index (κ2) is 1.81. The Morgan fingerprint density at radius 1 is 1.44 bits per heavy atom. The number of hydrogen-bond donors (Lipinski definition) is 0. The van der Waals surface area contributed by atoms with Crippen molar-refractivity contribution in [2.75, 3.05) is 6.61 Å². The van der Waals surface area contributed by atoms with Crippen molar-refractivity contribution in [3.05, 3.63) is 0 Å². The first-order valence-electron chi connectivity index (χ1n) is 3.49. The summed E-state index contributed by atoms with van der Waals surface area (Å²) in [5, 5.41) is 0. The molecular formula is C7H10O2. The second-order valence-corrected chi connectivity index (χ2v) is 2.93. The molecule has 1 saturated carbocycles. The van der Waals surface area contributed by atoms with Crippen LogP contribution in [0.25, 0.3) is 0 Å². The summed E-state index contributed by atoms with van der Waals surface area (Å²) in [6.07, 6.45) is 3.54. The SMILES string of the molecule is O=C1COC(C2CC2)C1. The minimum Gasteiger partial charge on any atom is -0.370 e. The van der Waals surface area contributed by atoms with E-state index in [1.54, 1.807) is 0 Å². The van der Waals surface area contributed by atoms with Crippen LogP contribution in [-0.2, 0) is 9.53 Å². The summed E-state index contributed by atoms with van der Waals surface area (Å²) in [6.45, 7) is 0.376. The normalized spacial score (nSPS) is 35.6. The Morgan fingerprint density at radius 2 is 2.22 bits per heavy atom. The Bertz CT molecular complexity index is 138. The Balaban J connectivity index is 1.92. The average Bonchev–Trinajstić information content (AvgIpc) is 2.58. The van der Waals surface area contributed by atoms with Crippen LogP contribution >= 0.6 is 0 Å². The highest BCUT2D eigenvalue weighted by Crippen LogP contribution is 2.37. The van der Waals surface area contributed by atoms with Crippen LogP contribution in [0.1, 0.15) is 19.3 Å². The molecule has 1 aliphatic heterocycles. The van der Waals surface area contributed by atoms with Gasteiger partial charge in [0.1, 0.15) is 6.61 Å². The minimum atomic E-state index is 0.284. The molecule has 0 spiro atoms. The maximum atomic E-state index is 10.7. The molecule has 0 radical (unpaired) electrons. The van der Waals surface area contributed by atoms with E-state index < -0.39 is 0 Å². The van der Waals surface area contributed by atoms with E-state index in [-0.39, 0.29) is 5.78 Å². The molecule has 9 heavy (non-hydrogen) atoms. The lowest BCUT2D eigenvalue weighted by Gasteiger charge is -2.02. The number of carbonyl (C=O) groups excluding carboxylic acids is 1. The van der Waals surface area contributed by atoms with E-state index in [4.69, 9.17) is 4.74 Å². The highest BCUT2D eigenvalue weighted by atomic mass is 16.5. The van der Waals surface area contributed by atoms with Gasteiger partial charge >= 0.3 is 0 Å². The summed E-state index contributed by atoms with van der Waals surface area (Å²) < 4.78 is 5.24. The largest absolute Gasteiger partial charge is 0.370 e. The van der Waals surface area contributed by atoms with E-state index in [0.717, 1.165) is 5.92 Å². The third-order valence-electron chi connectivity index (χ3n) is 2.04. The fraction of sp³-hybridized carbons (Fsp3) is 0.857. The second-order valence-electron chi connectivity index (χ2n) is 2.93. The molecule has 2 nitrogen and oxygen atoms in total. The molecule has 2 heteroatoms. The van der Waals surface area contributed by atoms with Gasteiger partial charge in [-0.05, 0) is 18.8 Å². The molecule has 2 rings (SSSR count). The number of ether oxygens (including phenoxy) is 1. The standard InChI is InChI=1S/C7H10O2/c8-6-3-7(9-4-6)5-1-2-5/h5,7H,1-4H2. The van der Waals surface area contributed by atoms with E-state index >= 15 is 0 Å². The highest BCUT2D eigenvalue weighted by molar-refractivity contribution is 5.81. The molecule has 2 aliphatic rings. The molecule has 0 N–H and O–H groups in total. The van der Waals surface area contributed by atoms with Gasteiger partial charge in [-0.25, -0.2) is 0 Å². The van der Waals surface area contributed by atoms with Crippen LogP contribution in [-0.4, -0.2) is 18.5 Å². The summed E-state index contributed by atoms with van der Waals surface area (Å²) in [7, 11) is 0. The molecule has 1 saturated heterocycles. The molecule has 0 aromatic heterocycles. The van der Waals surface area contributed by atoms with Crippen LogP contribution in [0.15, 0.2) is 0 Å². The zero-order valence-corrected chi connectivity index (χ0v) is 5.30. The number of carbonyl (C=O) groups is 1. The summed E-state index contributed by atoms with van der Waals surface area (Å²) in [5.74, 6) is 1.02. The predicted octanol–water partition coefficient (Wildman–Crippen LogP) is 0.754. The number of hydrogen-bond acceptors (Lipinski definition) is 2. The molecule has 1 heterocycles. The molecule has 0 bridgehead atoms. The van der Waals surface area contributed by atoms with Gasteiger partial charge in [-0.15, -0.1) is 0 Å². The topological polar surface area (TPSA) is 26.3 Å². The zero-order chi connectivity index (χ0) is 6.27. The molecule has 1 aliphatic carbocycles. The Kier molecular flexibility index (Phi) is 1.09. The van der Waals surface area contributed by atoms with E-state index in [2.05, 4.69) is 0 Å². The highest BCUT2D eigenvalue weighted by Gasteiger charge is 2.36. The summed E-state index contributed by atoms with van der Waals surface area (Å²) in [5.41, 5.74) is 0. The monoisotopic (exact) mass is 126 g/mol. The van der Waals surface area contributed by atoms with E-state index in [0.29, 0.717) is 19.1 Å². The van der Waals surface area contributed by atoms with Crippen molar-refractivity contribution in [1.29, 1.82) is 0 Å². The maximum Gasteiger partial charge on any atom is 0.161 e. The van der Waals surface area contributed by atoms with Gasteiger partial charge in [0, 0.05) is 6.42 Å². The van der Waals surface area contributed by atoms with Gasteiger partial charge in [0.05, 0.1) is 6.10 Å². The molecule has 50 valence electrons. The van der Waals surface area contributed by atoms with Crippen LogP contribution in [0.3, 0.4) is 0 Å². The lowest BCUT2D eigenvalue weighted by atomic mass is 10.1. The first-order chi connectivity index (χ1) is 4.36. The van der Waals surface area contributed by atoms with E-state index in [1.807, 2.05) is 0 Å². The third-order valence-corrected chi connectivity index (χ3v) is 2.04. The van der Waals surface area contributed by atoms with Crippen LogP contribution in [0.5, 0.6) is 0 Å². The number of rotatable bonds is 1. The van der Waals surface area contributed by atoms with Crippen molar-refractivity contribution < 1.29 is 9.53 Å². The van der Waals surface area contributed by atoms with Crippen LogP contribution in [0, 0.1) is 5.92 Å². The average molecular weight is 126 g/mol. The first kappa shape index (κ1) is 5.42. The lowest BCUT2D eigenvalue weighted by molar-refractivity contribution is -0.117. The van der Waals surface area contributed by atoms with Crippen LogP contribution in [0.2, 0.25) is 0 Å². The van der Waals surface area contributed by atoms with Gasteiger partial charge in [-0.3, -0.25) is 4.79 Å². The van der Waals surface area contributed by atoms with Crippen molar-refractivity contribution in [3.8, 4) is 0 Å². The van der Waals surface area contributed by atoms with Crippen molar-refractivity contribution in [1.82, 2.24) is 0 Å². The molecule has 1 atom stereocenters. The van der Waals surface area contributed by atoms with Gasteiger partial charge in [-0.2, -0.15) is 0 Å². The number of ketones is 1. The summed E-state index contributed by atoms with van der Waals surface area (Å²) >= 11 is 0. The quantitative estimate of drug-likeness (QED) is 0.518. The summed E-state index contributed by atoms with van der Waals surface area (Å²) in [4.78, 5) is 10.7. The van der Waals surface area contributed by atoms with Gasteiger partial charge in [0.2, 0.25) is 0 Å². The molecule has 0 aromatic rings. The van der Waals surface area contributed by atoms with Gasteiger partial charge < -0.3 is 4.74 Å². The van der Waals surface area contributed by atoms with Crippen LogP contribution in [0.4, 0.5) is 0 Å². The van der Waals surface area contributed by atoms with Crippen molar-refractivity contribution >= 4 is 5.78 Å². The van der Waals surface area contributed by atoms with E-state index in [1.165, 1.54) is 12.8 Å². The van der Waals surface area contributed by atoms with Gasteiger partial charge in [0.25, 0.3) is 0 Å². The fourth-order valence-electron chi connectivity index (χ4n) is 1.31. The smallest absolute Gasteiger partial charge is 0.161 e. The van der Waals surface area contributed by atoms with Gasteiger partial charge in [-0.1, -0.05) is 0 Å². The minimum absolute atomic E-state index is 0.284. The third kappa shape index (κ3) is 0.990. The predicted molar refractivity (Wildman–Crippen MR) is 32.1 cm³/mol. The molecule has 1 unspecified atom stereocenters. The molecule has 0 aromatic carbocycles. The fourth-order valence-corrected chi connectivity index (χ4v) is 1.31. The lowest BCUT2D eigenvalue weighted by Crippen LogP contribution is -2.06. The van der Waals surface area contributed by atoms with Crippen LogP contribution < -0.4 is 0 Å². The number of Topliss-reactive ketones (excluding diaryl/α,β-unsaturated/α-hetero) is 1. The molecule has 2 fully saturated rings. The zero-order valence-electron chi connectivity index (χ0n) is 5.30. The van der Waals surface area contributed by atoms with Crippen molar-refractivity contribution in [3.63, 3.8) is 0 Å². The Morgan fingerprint density at radius 3 is 2.67 bits per heavy atom.